The third-order valence-corrected chi connectivity index (χ3v) is 3.31. The third kappa shape index (κ3) is 5.14. The Kier molecular flexibility index (Phi) is 5.74. The Bertz CT molecular complexity index is 667. The second-order valence-corrected chi connectivity index (χ2v) is 5.11. The van der Waals surface area contributed by atoms with Crippen LogP contribution in [0.25, 0.3) is 0 Å². The molecule has 23 heavy (non-hydrogen) atoms. The largest absolute Gasteiger partial charge is 0.336 e. The SMILES string of the molecule is CCC(=O)Nc1ccc(C)c(NC(=O)NCCn2ccnc2)c1. The number of anilines is 2. The molecule has 2 rings (SSSR count). The Morgan fingerprint density at radius 3 is 2.78 bits per heavy atom. The lowest BCUT2D eigenvalue weighted by Gasteiger charge is -2.12. The molecule has 0 atom stereocenters. The number of hydrogen-bond acceptors (Lipinski definition) is 3. The van der Waals surface area contributed by atoms with Crippen LogP contribution in [0.15, 0.2) is 36.9 Å². The maximum atomic E-state index is 11.9. The van der Waals surface area contributed by atoms with Gasteiger partial charge in [0.15, 0.2) is 0 Å². The summed E-state index contributed by atoms with van der Waals surface area (Å²) in [7, 11) is 0. The van der Waals surface area contributed by atoms with Crippen LogP contribution in [-0.2, 0) is 11.3 Å². The number of rotatable bonds is 6. The van der Waals surface area contributed by atoms with Gasteiger partial charge in [-0.1, -0.05) is 13.0 Å². The van der Waals surface area contributed by atoms with Crippen molar-refractivity contribution in [1.82, 2.24) is 14.9 Å². The van der Waals surface area contributed by atoms with Gasteiger partial charge in [0.1, 0.15) is 0 Å². The van der Waals surface area contributed by atoms with E-state index < -0.39 is 0 Å². The van der Waals surface area contributed by atoms with E-state index in [-0.39, 0.29) is 11.9 Å². The highest BCUT2D eigenvalue weighted by Crippen LogP contribution is 2.20. The molecule has 122 valence electrons. The highest BCUT2D eigenvalue weighted by Gasteiger charge is 2.06. The number of carbonyl (C=O) groups excluding carboxylic acids is 2. The van der Waals surface area contributed by atoms with Crippen LogP contribution in [0.4, 0.5) is 16.2 Å². The first-order valence-corrected chi connectivity index (χ1v) is 7.49. The number of imidazole rings is 1. The predicted molar refractivity (Wildman–Crippen MR) is 89.3 cm³/mol. The number of amides is 3. The van der Waals surface area contributed by atoms with Gasteiger partial charge in [-0.3, -0.25) is 4.79 Å². The molecular weight excluding hydrogens is 294 g/mol. The van der Waals surface area contributed by atoms with Crippen LogP contribution in [0.5, 0.6) is 0 Å². The Morgan fingerprint density at radius 2 is 2.09 bits per heavy atom. The van der Waals surface area contributed by atoms with Crippen molar-refractivity contribution in [2.75, 3.05) is 17.2 Å². The van der Waals surface area contributed by atoms with E-state index in [0.29, 0.717) is 30.9 Å². The van der Waals surface area contributed by atoms with Gasteiger partial charge in [-0.2, -0.15) is 0 Å². The summed E-state index contributed by atoms with van der Waals surface area (Å²) in [6, 6.07) is 5.13. The van der Waals surface area contributed by atoms with Crippen LogP contribution < -0.4 is 16.0 Å². The monoisotopic (exact) mass is 315 g/mol. The Balaban J connectivity index is 1.88. The molecule has 1 aromatic heterocycles. The van der Waals surface area contributed by atoms with Gasteiger partial charge in [-0.25, -0.2) is 9.78 Å². The van der Waals surface area contributed by atoms with E-state index in [4.69, 9.17) is 0 Å². The summed E-state index contributed by atoms with van der Waals surface area (Å²) in [6.07, 6.45) is 5.64. The summed E-state index contributed by atoms with van der Waals surface area (Å²) in [4.78, 5) is 27.3. The summed E-state index contributed by atoms with van der Waals surface area (Å²) in [5.41, 5.74) is 2.25. The Labute approximate surface area is 135 Å². The van der Waals surface area contributed by atoms with Gasteiger partial charge in [0.2, 0.25) is 5.91 Å². The van der Waals surface area contributed by atoms with Gasteiger partial charge in [0.25, 0.3) is 0 Å². The van der Waals surface area contributed by atoms with Crippen molar-refractivity contribution in [2.45, 2.75) is 26.8 Å². The van der Waals surface area contributed by atoms with E-state index in [1.54, 1.807) is 25.5 Å². The van der Waals surface area contributed by atoms with Gasteiger partial charge in [0.05, 0.1) is 6.33 Å². The fourth-order valence-corrected chi connectivity index (χ4v) is 1.97. The second kappa shape index (κ2) is 7.98. The molecule has 0 aliphatic heterocycles. The van der Waals surface area contributed by atoms with Crippen molar-refractivity contribution in [1.29, 1.82) is 0 Å². The van der Waals surface area contributed by atoms with Crippen LogP contribution in [-0.4, -0.2) is 28.0 Å². The fourth-order valence-electron chi connectivity index (χ4n) is 1.97. The number of urea groups is 1. The zero-order valence-electron chi connectivity index (χ0n) is 13.3. The summed E-state index contributed by atoms with van der Waals surface area (Å²) < 4.78 is 1.88. The lowest BCUT2D eigenvalue weighted by atomic mass is 10.2. The molecule has 3 amide bonds. The minimum absolute atomic E-state index is 0.0652. The van der Waals surface area contributed by atoms with Crippen molar-refractivity contribution >= 4 is 23.3 Å². The van der Waals surface area contributed by atoms with Gasteiger partial charge in [-0.15, -0.1) is 0 Å². The number of hydrogen-bond donors (Lipinski definition) is 3. The standard InChI is InChI=1S/C16H21N5O2/c1-3-15(22)19-13-5-4-12(2)14(10-13)20-16(23)18-7-9-21-8-6-17-11-21/h4-6,8,10-11H,3,7,9H2,1-2H3,(H,19,22)(H2,18,20,23). The number of benzene rings is 1. The molecule has 2 aromatic rings. The topological polar surface area (TPSA) is 88.0 Å². The molecule has 0 unspecified atom stereocenters. The number of carbonyl (C=O) groups is 2. The highest BCUT2D eigenvalue weighted by molar-refractivity contribution is 5.94. The Hall–Kier alpha value is -2.83. The number of nitrogens with zero attached hydrogens (tertiary/aromatic N) is 2. The van der Waals surface area contributed by atoms with Crippen molar-refractivity contribution in [2.24, 2.45) is 0 Å². The van der Waals surface area contributed by atoms with Crippen LogP contribution in [0, 0.1) is 6.92 Å². The zero-order valence-corrected chi connectivity index (χ0v) is 13.3. The highest BCUT2D eigenvalue weighted by atomic mass is 16.2. The third-order valence-electron chi connectivity index (χ3n) is 3.31. The molecule has 0 aliphatic carbocycles. The number of nitrogens with one attached hydrogen (secondary N) is 3. The normalized spacial score (nSPS) is 10.2. The quantitative estimate of drug-likeness (QED) is 0.764. The number of aryl methyl sites for hydroxylation is 1. The van der Waals surface area contributed by atoms with Gasteiger partial charge in [0, 0.05) is 43.3 Å². The van der Waals surface area contributed by atoms with E-state index >= 15 is 0 Å². The van der Waals surface area contributed by atoms with E-state index in [2.05, 4.69) is 20.9 Å². The van der Waals surface area contributed by atoms with Crippen LogP contribution in [0.3, 0.4) is 0 Å². The molecule has 0 spiro atoms. The Morgan fingerprint density at radius 1 is 1.26 bits per heavy atom. The molecule has 0 fully saturated rings. The minimum atomic E-state index is -0.285. The summed E-state index contributed by atoms with van der Waals surface area (Å²) >= 11 is 0. The molecule has 3 N–H and O–H groups in total. The molecule has 0 saturated heterocycles. The maximum absolute atomic E-state index is 11.9. The molecule has 7 nitrogen and oxygen atoms in total. The van der Waals surface area contributed by atoms with Crippen molar-refractivity contribution in [3.8, 4) is 0 Å². The smallest absolute Gasteiger partial charge is 0.319 e. The summed E-state index contributed by atoms with van der Waals surface area (Å²) in [5.74, 6) is -0.0652. The molecule has 1 aromatic carbocycles. The first-order valence-electron chi connectivity index (χ1n) is 7.49. The maximum Gasteiger partial charge on any atom is 0.319 e. The molecule has 0 aliphatic rings. The number of aromatic nitrogens is 2. The van der Waals surface area contributed by atoms with Crippen LogP contribution in [0.2, 0.25) is 0 Å². The lowest BCUT2D eigenvalue weighted by molar-refractivity contribution is -0.115. The molecule has 7 heteroatoms. The zero-order chi connectivity index (χ0) is 16.7. The first-order chi connectivity index (χ1) is 11.1. The van der Waals surface area contributed by atoms with Gasteiger partial charge < -0.3 is 20.5 Å². The van der Waals surface area contributed by atoms with E-state index in [9.17, 15) is 9.59 Å². The second-order valence-electron chi connectivity index (χ2n) is 5.11. The van der Waals surface area contributed by atoms with Crippen LogP contribution in [0.1, 0.15) is 18.9 Å². The van der Waals surface area contributed by atoms with E-state index in [1.807, 2.05) is 29.8 Å². The molecule has 1 heterocycles. The molecule has 0 saturated carbocycles. The fraction of sp³-hybridized carbons (Fsp3) is 0.312. The van der Waals surface area contributed by atoms with Crippen molar-refractivity contribution in [3.05, 3.63) is 42.5 Å². The van der Waals surface area contributed by atoms with Crippen molar-refractivity contribution < 1.29 is 9.59 Å². The molecule has 0 bridgehead atoms. The molecule has 0 radical (unpaired) electrons. The summed E-state index contributed by atoms with van der Waals surface area (Å²) in [5, 5.41) is 8.35. The van der Waals surface area contributed by atoms with Gasteiger partial charge >= 0.3 is 6.03 Å². The summed E-state index contributed by atoms with van der Waals surface area (Å²) in [6.45, 7) is 4.83. The average molecular weight is 315 g/mol. The van der Waals surface area contributed by atoms with Gasteiger partial charge in [-0.05, 0) is 24.6 Å². The van der Waals surface area contributed by atoms with Crippen molar-refractivity contribution in [3.63, 3.8) is 0 Å². The minimum Gasteiger partial charge on any atom is -0.336 e. The van der Waals surface area contributed by atoms with E-state index in [0.717, 1.165) is 5.56 Å². The van der Waals surface area contributed by atoms with E-state index in [1.165, 1.54) is 0 Å². The predicted octanol–water partition coefficient (Wildman–Crippen LogP) is 2.36. The van der Waals surface area contributed by atoms with Crippen LogP contribution >= 0.6 is 0 Å². The average Bonchev–Trinajstić information content (AvgIpc) is 3.04. The molecular formula is C16H21N5O2. The first kappa shape index (κ1) is 16.5. The lowest BCUT2D eigenvalue weighted by Crippen LogP contribution is -2.31.